The van der Waals surface area contributed by atoms with Crippen molar-refractivity contribution in [3.05, 3.63) is 35.5 Å². The Hall–Kier alpha value is -2.08. The summed E-state index contributed by atoms with van der Waals surface area (Å²) >= 11 is 0. The van der Waals surface area contributed by atoms with Gasteiger partial charge in [0.25, 0.3) is 0 Å². The first kappa shape index (κ1) is 11.4. The zero-order chi connectivity index (χ0) is 12.3. The molecule has 90 valence electrons. The molecule has 0 aliphatic rings. The van der Waals surface area contributed by atoms with Crippen LogP contribution in [-0.2, 0) is 6.54 Å². The second kappa shape index (κ2) is 4.84. The Morgan fingerprint density at radius 1 is 1.29 bits per heavy atom. The van der Waals surface area contributed by atoms with Crippen LogP contribution in [0.4, 0.5) is 11.6 Å². The maximum absolute atomic E-state index is 5.40. The fraction of sp³-hybridized carbons (Fsp3) is 0.273. The number of nitrogens with two attached hydrogens (primary N) is 1. The molecule has 0 atom stereocenters. The third-order valence-electron chi connectivity index (χ3n) is 2.43. The maximum Gasteiger partial charge on any atom is 0.148 e. The number of nitrogens with zero attached hydrogens (tertiary/aromatic N) is 2. The molecule has 2 aromatic heterocycles. The molecule has 6 heteroatoms. The summed E-state index contributed by atoms with van der Waals surface area (Å²) < 4.78 is 5.00. The highest BCUT2D eigenvalue weighted by Crippen LogP contribution is 2.19. The molecule has 0 aliphatic carbocycles. The van der Waals surface area contributed by atoms with Crippen molar-refractivity contribution in [1.82, 2.24) is 9.97 Å². The van der Waals surface area contributed by atoms with Crippen LogP contribution in [0, 0.1) is 13.8 Å². The highest BCUT2D eigenvalue weighted by Gasteiger charge is 2.07. The molecule has 0 amide bonds. The van der Waals surface area contributed by atoms with E-state index in [1.54, 1.807) is 12.5 Å². The summed E-state index contributed by atoms with van der Waals surface area (Å²) in [6.45, 7) is 4.38. The number of hydrazine groups is 1. The lowest BCUT2D eigenvalue weighted by atomic mass is 10.3. The van der Waals surface area contributed by atoms with Crippen molar-refractivity contribution in [3.63, 3.8) is 0 Å². The van der Waals surface area contributed by atoms with Gasteiger partial charge in [-0.2, -0.15) is 0 Å². The number of aryl methyl sites for hydroxylation is 1. The molecule has 0 saturated heterocycles. The van der Waals surface area contributed by atoms with E-state index in [1.165, 1.54) is 0 Å². The van der Waals surface area contributed by atoms with Gasteiger partial charge in [-0.15, -0.1) is 0 Å². The molecule has 6 nitrogen and oxygen atoms in total. The van der Waals surface area contributed by atoms with E-state index in [0.717, 1.165) is 16.9 Å². The lowest BCUT2D eigenvalue weighted by Crippen LogP contribution is -2.14. The largest absolute Gasteiger partial charge is 0.472 e. The molecule has 17 heavy (non-hydrogen) atoms. The molecule has 0 unspecified atom stereocenters. The second-order valence-corrected chi connectivity index (χ2v) is 3.72. The van der Waals surface area contributed by atoms with E-state index in [2.05, 4.69) is 20.7 Å². The van der Waals surface area contributed by atoms with E-state index in [9.17, 15) is 0 Å². The number of aromatic nitrogens is 2. The van der Waals surface area contributed by atoms with Gasteiger partial charge in [-0.1, -0.05) is 0 Å². The number of nitrogen functional groups attached to an aromatic ring is 1. The van der Waals surface area contributed by atoms with Crippen LogP contribution < -0.4 is 16.6 Å². The normalized spacial score (nSPS) is 10.3. The molecule has 0 fully saturated rings. The van der Waals surface area contributed by atoms with Gasteiger partial charge in [0.1, 0.15) is 17.5 Å². The lowest BCUT2D eigenvalue weighted by Gasteiger charge is -2.11. The van der Waals surface area contributed by atoms with Crippen LogP contribution >= 0.6 is 0 Å². The molecule has 0 radical (unpaired) electrons. The van der Waals surface area contributed by atoms with Gasteiger partial charge >= 0.3 is 0 Å². The predicted molar refractivity (Wildman–Crippen MR) is 65.4 cm³/mol. The summed E-state index contributed by atoms with van der Waals surface area (Å²) in [6.07, 6.45) is 3.33. The van der Waals surface area contributed by atoms with Crippen molar-refractivity contribution in [2.24, 2.45) is 5.84 Å². The number of anilines is 2. The van der Waals surface area contributed by atoms with Crippen molar-refractivity contribution >= 4 is 11.6 Å². The van der Waals surface area contributed by atoms with Crippen molar-refractivity contribution in [1.29, 1.82) is 0 Å². The third kappa shape index (κ3) is 2.54. The topological polar surface area (TPSA) is 89.0 Å². The minimum atomic E-state index is 0.632. The molecule has 0 spiro atoms. The van der Waals surface area contributed by atoms with Crippen LogP contribution in [0.5, 0.6) is 0 Å². The third-order valence-corrected chi connectivity index (χ3v) is 2.43. The van der Waals surface area contributed by atoms with Crippen LogP contribution in [0.3, 0.4) is 0 Å². The maximum atomic E-state index is 5.40. The van der Waals surface area contributed by atoms with E-state index >= 15 is 0 Å². The van der Waals surface area contributed by atoms with Crippen LogP contribution in [0.1, 0.15) is 17.0 Å². The van der Waals surface area contributed by atoms with Crippen LogP contribution in [0.2, 0.25) is 0 Å². The Morgan fingerprint density at radius 2 is 2.06 bits per heavy atom. The minimum Gasteiger partial charge on any atom is -0.472 e. The number of hydrogen-bond donors (Lipinski definition) is 3. The average Bonchev–Trinajstić information content (AvgIpc) is 2.82. The van der Waals surface area contributed by atoms with Gasteiger partial charge < -0.3 is 15.2 Å². The highest BCUT2D eigenvalue weighted by molar-refractivity contribution is 5.56. The van der Waals surface area contributed by atoms with Crippen LogP contribution in [-0.4, -0.2) is 9.97 Å². The van der Waals surface area contributed by atoms with E-state index < -0.39 is 0 Å². The molecule has 0 aliphatic heterocycles. The molecule has 2 aromatic rings. The molecule has 0 aromatic carbocycles. The summed E-state index contributed by atoms with van der Waals surface area (Å²) in [5, 5.41) is 3.22. The van der Waals surface area contributed by atoms with Gasteiger partial charge in [-0.3, -0.25) is 0 Å². The summed E-state index contributed by atoms with van der Waals surface area (Å²) in [6, 6.07) is 1.90. The Balaban J connectivity index is 2.17. The molecule has 2 heterocycles. The molecule has 0 bridgehead atoms. The van der Waals surface area contributed by atoms with Gasteiger partial charge in [-0.25, -0.2) is 15.8 Å². The Kier molecular flexibility index (Phi) is 3.24. The first-order valence-electron chi connectivity index (χ1n) is 5.27. The Bertz CT molecular complexity index is 495. The van der Waals surface area contributed by atoms with Crippen LogP contribution in [0.25, 0.3) is 0 Å². The number of hydrogen-bond acceptors (Lipinski definition) is 6. The van der Waals surface area contributed by atoms with E-state index in [4.69, 9.17) is 10.3 Å². The summed E-state index contributed by atoms with van der Waals surface area (Å²) in [7, 11) is 0. The van der Waals surface area contributed by atoms with Crippen molar-refractivity contribution in [2.75, 3.05) is 10.7 Å². The van der Waals surface area contributed by atoms with Crippen LogP contribution in [0.15, 0.2) is 23.0 Å². The molecule has 4 N–H and O–H groups in total. The Labute approximate surface area is 99.2 Å². The number of rotatable bonds is 4. The predicted octanol–water partition coefficient (Wildman–Crippen LogP) is 1.58. The van der Waals surface area contributed by atoms with Gasteiger partial charge in [0, 0.05) is 17.7 Å². The van der Waals surface area contributed by atoms with Crippen molar-refractivity contribution in [2.45, 2.75) is 20.4 Å². The molecular weight excluding hydrogens is 218 g/mol. The summed E-state index contributed by atoms with van der Waals surface area (Å²) in [5.74, 6) is 7.46. The highest BCUT2D eigenvalue weighted by atomic mass is 16.3. The minimum absolute atomic E-state index is 0.632. The molecular formula is C11H15N5O. The van der Waals surface area contributed by atoms with Gasteiger partial charge in [0.2, 0.25) is 0 Å². The Morgan fingerprint density at radius 3 is 2.71 bits per heavy atom. The number of nitrogens with one attached hydrogen (secondary N) is 2. The lowest BCUT2D eigenvalue weighted by molar-refractivity contribution is 0.564. The second-order valence-electron chi connectivity index (χ2n) is 3.72. The van der Waals surface area contributed by atoms with Crippen molar-refractivity contribution < 1.29 is 4.42 Å². The summed E-state index contributed by atoms with van der Waals surface area (Å²) in [4.78, 5) is 8.52. The fourth-order valence-electron chi connectivity index (χ4n) is 1.52. The summed E-state index contributed by atoms with van der Waals surface area (Å²) in [5.41, 5.74) is 4.51. The van der Waals surface area contributed by atoms with Crippen molar-refractivity contribution in [3.8, 4) is 0 Å². The average molecular weight is 233 g/mol. The smallest absolute Gasteiger partial charge is 0.148 e. The van der Waals surface area contributed by atoms with E-state index in [0.29, 0.717) is 18.2 Å². The zero-order valence-corrected chi connectivity index (χ0v) is 9.82. The quantitative estimate of drug-likeness (QED) is 0.549. The molecule has 0 saturated carbocycles. The fourth-order valence-corrected chi connectivity index (χ4v) is 1.52. The van der Waals surface area contributed by atoms with E-state index in [1.807, 2.05) is 19.9 Å². The molecule has 2 rings (SSSR count). The van der Waals surface area contributed by atoms with Gasteiger partial charge in [-0.05, 0) is 19.9 Å². The van der Waals surface area contributed by atoms with Gasteiger partial charge in [0.15, 0.2) is 0 Å². The monoisotopic (exact) mass is 233 g/mol. The van der Waals surface area contributed by atoms with E-state index in [-0.39, 0.29) is 0 Å². The standard InChI is InChI=1S/C11H15N5O/c1-7-10(13-5-9-3-4-17-6-9)14-8(2)15-11(7)16-12/h3-4,6H,5,12H2,1-2H3,(H2,13,14,15,16). The first-order chi connectivity index (χ1) is 8.20. The van der Waals surface area contributed by atoms with Gasteiger partial charge in [0.05, 0.1) is 12.5 Å². The first-order valence-corrected chi connectivity index (χ1v) is 5.27. The number of furan rings is 1. The zero-order valence-electron chi connectivity index (χ0n) is 9.82. The SMILES string of the molecule is Cc1nc(NN)c(C)c(NCc2ccoc2)n1.